The van der Waals surface area contributed by atoms with Gasteiger partial charge in [-0.3, -0.25) is 10.1 Å². The van der Waals surface area contributed by atoms with E-state index in [1.54, 1.807) is 12.1 Å². The van der Waals surface area contributed by atoms with Crippen LogP contribution in [0.5, 0.6) is 0 Å². The summed E-state index contributed by atoms with van der Waals surface area (Å²) in [6, 6.07) is 5.02. The second-order valence-corrected chi connectivity index (χ2v) is 5.44. The maximum atomic E-state index is 10.9. The van der Waals surface area contributed by atoms with Crippen molar-refractivity contribution in [3.8, 4) is 0 Å². The van der Waals surface area contributed by atoms with E-state index in [9.17, 15) is 10.1 Å². The summed E-state index contributed by atoms with van der Waals surface area (Å²) in [7, 11) is 0. The molecule has 1 aliphatic rings. The van der Waals surface area contributed by atoms with Crippen molar-refractivity contribution >= 4 is 34.0 Å². The van der Waals surface area contributed by atoms with Crippen molar-refractivity contribution in [1.82, 2.24) is 5.32 Å². The third-order valence-electron chi connectivity index (χ3n) is 3.44. The van der Waals surface area contributed by atoms with Crippen LogP contribution in [0.1, 0.15) is 24.4 Å². The fraction of sp³-hybridized carbons (Fsp3) is 0.500. The SMILES string of the molecule is Cl.N[C@@H](c1ccc(Br)c([N+](=O)[O-])c1)C1CCNCC1. The number of rotatable bonds is 3. The van der Waals surface area contributed by atoms with Gasteiger partial charge in [0.15, 0.2) is 0 Å². The molecule has 0 saturated carbocycles. The number of benzene rings is 1. The molecule has 1 saturated heterocycles. The standard InChI is InChI=1S/C12H16BrN3O2.ClH/c13-10-2-1-9(7-11(10)16(17)18)12(14)8-3-5-15-6-4-8;/h1-2,7-8,12,15H,3-6,14H2;1H/t12-;/m1./s1. The molecule has 5 nitrogen and oxygen atoms in total. The Morgan fingerprint density at radius 2 is 2.05 bits per heavy atom. The summed E-state index contributed by atoms with van der Waals surface area (Å²) in [5, 5.41) is 14.2. The van der Waals surface area contributed by atoms with Gasteiger partial charge in [-0.1, -0.05) is 6.07 Å². The quantitative estimate of drug-likeness (QED) is 0.649. The molecule has 7 heteroatoms. The average Bonchev–Trinajstić information content (AvgIpc) is 2.39. The molecular weight excluding hydrogens is 334 g/mol. The lowest BCUT2D eigenvalue weighted by molar-refractivity contribution is -0.385. The molecule has 0 spiro atoms. The fourth-order valence-corrected chi connectivity index (χ4v) is 2.74. The van der Waals surface area contributed by atoms with E-state index >= 15 is 0 Å². The summed E-state index contributed by atoms with van der Waals surface area (Å²) < 4.78 is 0.494. The van der Waals surface area contributed by atoms with Crippen molar-refractivity contribution in [2.45, 2.75) is 18.9 Å². The number of nitrogens with one attached hydrogen (secondary N) is 1. The third-order valence-corrected chi connectivity index (χ3v) is 4.11. The van der Waals surface area contributed by atoms with E-state index in [4.69, 9.17) is 5.73 Å². The molecule has 106 valence electrons. The largest absolute Gasteiger partial charge is 0.324 e. The summed E-state index contributed by atoms with van der Waals surface area (Å²) in [5.41, 5.74) is 7.15. The van der Waals surface area contributed by atoms with Gasteiger partial charge in [-0.05, 0) is 59.4 Å². The maximum Gasteiger partial charge on any atom is 0.283 e. The minimum absolute atomic E-state index is 0. The van der Waals surface area contributed by atoms with Gasteiger partial charge in [0, 0.05) is 12.1 Å². The van der Waals surface area contributed by atoms with Crippen molar-refractivity contribution in [3.63, 3.8) is 0 Å². The lowest BCUT2D eigenvalue weighted by atomic mass is 9.86. The highest BCUT2D eigenvalue weighted by atomic mass is 79.9. The number of piperidine rings is 1. The predicted octanol–water partition coefficient (Wildman–Crippen LogP) is 2.78. The smallest absolute Gasteiger partial charge is 0.283 e. The first-order valence-corrected chi connectivity index (χ1v) is 6.79. The third kappa shape index (κ3) is 3.89. The van der Waals surface area contributed by atoms with E-state index in [0.717, 1.165) is 31.5 Å². The van der Waals surface area contributed by atoms with Crippen LogP contribution in [0.25, 0.3) is 0 Å². The molecule has 1 aromatic carbocycles. The van der Waals surface area contributed by atoms with Gasteiger partial charge in [0.05, 0.1) is 9.40 Å². The van der Waals surface area contributed by atoms with Crippen LogP contribution < -0.4 is 11.1 Å². The zero-order chi connectivity index (χ0) is 13.1. The summed E-state index contributed by atoms with van der Waals surface area (Å²) in [6.45, 7) is 1.94. The normalized spacial score (nSPS) is 17.6. The van der Waals surface area contributed by atoms with Crippen LogP contribution in [0, 0.1) is 16.0 Å². The number of hydrogen-bond acceptors (Lipinski definition) is 4. The highest BCUT2D eigenvalue weighted by molar-refractivity contribution is 9.10. The number of nitrogens with two attached hydrogens (primary N) is 1. The van der Waals surface area contributed by atoms with Gasteiger partial charge < -0.3 is 11.1 Å². The van der Waals surface area contributed by atoms with Crippen LogP contribution in [0.4, 0.5) is 5.69 Å². The van der Waals surface area contributed by atoms with E-state index in [1.807, 2.05) is 6.07 Å². The second kappa shape index (κ2) is 7.19. The first-order chi connectivity index (χ1) is 8.59. The van der Waals surface area contributed by atoms with E-state index in [1.165, 1.54) is 0 Å². The lowest BCUT2D eigenvalue weighted by Gasteiger charge is -2.28. The van der Waals surface area contributed by atoms with Crippen LogP contribution in [-0.2, 0) is 0 Å². The van der Waals surface area contributed by atoms with Gasteiger partial charge >= 0.3 is 0 Å². The summed E-state index contributed by atoms with van der Waals surface area (Å²) >= 11 is 3.18. The molecule has 1 fully saturated rings. The first kappa shape index (κ1) is 16.4. The first-order valence-electron chi connectivity index (χ1n) is 5.99. The second-order valence-electron chi connectivity index (χ2n) is 4.58. The molecule has 1 aliphatic heterocycles. The van der Waals surface area contributed by atoms with Crippen molar-refractivity contribution in [1.29, 1.82) is 0 Å². The minimum atomic E-state index is -0.386. The summed E-state index contributed by atoms with van der Waals surface area (Å²) in [4.78, 5) is 10.5. The van der Waals surface area contributed by atoms with Crippen LogP contribution in [0.3, 0.4) is 0 Å². The molecule has 0 aromatic heterocycles. The van der Waals surface area contributed by atoms with Crippen LogP contribution in [-0.4, -0.2) is 18.0 Å². The zero-order valence-electron chi connectivity index (χ0n) is 10.3. The molecular formula is C12H17BrClN3O2. The number of nitrogens with zero attached hydrogens (tertiary/aromatic N) is 1. The van der Waals surface area contributed by atoms with E-state index in [2.05, 4.69) is 21.2 Å². The Balaban J connectivity index is 0.00000180. The molecule has 0 amide bonds. The Labute approximate surface area is 126 Å². The van der Waals surface area contributed by atoms with Crippen molar-refractivity contribution < 1.29 is 4.92 Å². The molecule has 19 heavy (non-hydrogen) atoms. The van der Waals surface area contributed by atoms with Gasteiger partial charge in [0.25, 0.3) is 5.69 Å². The Bertz CT molecular complexity index is 453. The maximum absolute atomic E-state index is 10.9. The van der Waals surface area contributed by atoms with Crippen molar-refractivity contribution in [2.75, 3.05) is 13.1 Å². The Kier molecular flexibility index (Phi) is 6.19. The van der Waals surface area contributed by atoms with Crippen LogP contribution in [0.15, 0.2) is 22.7 Å². The number of hydrogen-bond donors (Lipinski definition) is 2. The molecule has 2 rings (SSSR count). The van der Waals surface area contributed by atoms with Gasteiger partial charge in [-0.2, -0.15) is 0 Å². The van der Waals surface area contributed by atoms with Crippen LogP contribution in [0.2, 0.25) is 0 Å². The minimum Gasteiger partial charge on any atom is -0.324 e. The van der Waals surface area contributed by atoms with Gasteiger partial charge in [0.2, 0.25) is 0 Å². The van der Waals surface area contributed by atoms with Gasteiger partial charge in [-0.15, -0.1) is 12.4 Å². The summed E-state index contributed by atoms with van der Waals surface area (Å²) in [5.74, 6) is 0.395. The van der Waals surface area contributed by atoms with E-state index in [0.29, 0.717) is 10.4 Å². The molecule has 1 atom stereocenters. The molecule has 1 heterocycles. The molecule has 0 radical (unpaired) electrons. The monoisotopic (exact) mass is 349 g/mol. The zero-order valence-corrected chi connectivity index (χ0v) is 12.7. The molecule has 1 aromatic rings. The molecule has 3 N–H and O–H groups in total. The Morgan fingerprint density at radius 1 is 1.42 bits per heavy atom. The van der Waals surface area contributed by atoms with Gasteiger partial charge in [-0.25, -0.2) is 0 Å². The number of halogens is 2. The molecule has 0 aliphatic carbocycles. The molecule has 0 unspecified atom stereocenters. The fourth-order valence-electron chi connectivity index (χ4n) is 2.35. The topological polar surface area (TPSA) is 81.2 Å². The average molecular weight is 351 g/mol. The predicted molar refractivity (Wildman–Crippen MR) is 80.6 cm³/mol. The molecule has 0 bridgehead atoms. The van der Waals surface area contributed by atoms with E-state index in [-0.39, 0.29) is 29.1 Å². The van der Waals surface area contributed by atoms with Crippen LogP contribution >= 0.6 is 28.3 Å². The highest BCUT2D eigenvalue weighted by Crippen LogP contribution is 2.32. The lowest BCUT2D eigenvalue weighted by Crippen LogP contribution is -2.33. The summed E-state index contributed by atoms with van der Waals surface area (Å²) in [6.07, 6.45) is 2.04. The van der Waals surface area contributed by atoms with E-state index < -0.39 is 0 Å². The van der Waals surface area contributed by atoms with Crippen molar-refractivity contribution in [3.05, 3.63) is 38.3 Å². The van der Waals surface area contributed by atoms with Gasteiger partial charge in [0.1, 0.15) is 0 Å². The Hall–Kier alpha value is -0.690. The van der Waals surface area contributed by atoms with Crippen molar-refractivity contribution in [2.24, 2.45) is 11.7 Å². The Morgan fingerprint density at radius 3 is 2.63 bits per heavy atom. The number of nitro groups is 1. The number of nitro benzene ring substituents is 1. The highest BCUT2D eigenvalue weighted by Gasteiger charge is 2.23.